The average Bonchev–Trinajstić information content (AvgIpc) is 2.84. The molecular formula is C9H10N4O2S. The van der Waals surface area contributed by atoms with Crippen LogP contribution in [-0.4, -0.2) is 25.8 Å². The molecule has 16 heavy (non-hydrogen) atoms. The van der Waals surface area contributed by atoms with E-state index in [9.17, 15) is 4.79 Å². The quantitative estimate of drug-likeness (QED) is 0.817. The van der Waals surface area contributed by atoms with Gasteiger partial charge in [-0.1, -0.05) is 0 Å². The lowest BCUT2D eigenvalue weighted by Crippen LogP contribution is -2.20. The maximum absolute atomic E-state index is 10.7. The minimum atomic E-state index is -1.08. The third kappa shape index (κ3) is 1.82. The lowest BCUT2D eigenvalue weighted by atomic mass is 10.2. The van der Waals surface area contributed by atoms with Gasteiger partial charge in [0.2, 0.25) is 0 Å². The highest BCUT2D eigenvalue weighted by molar-refractivity contribution is 7.13. The average molecular weight is 238 g/mol. The highest BCUT2D eigenvalue weighted by atomic mass is 32.1. The molecule has 2 aromatic rings. The summed E-state index contributed by atoms with van der Waals surface area (Å²) in [4.78, 5) is 14.9. The minimum absolute atomic E-state index is 0.369. The van der Waals surface area contributed by atoms with Crippen molar-refractivity contribution >= 4 is 17.3 Å². The first-order valence-electron chi connectivity index (χ1n) is 4.52. The zero-order chi connectivity index (χ0) is 11.7. The zero-order valence-corrected chi connectivity index (χ0v) is 9.31. The van der Waals surface area contributed by atoms with Crippen molar-refractivity contribution in [1.29, 1.82) is 0 Å². The Kier molecular flexibility index (Phi) is 2.71. The fraction of sp³-hybridized carbons (Fsp3) is 0.222. The van der Waals surface area contributed by atoms with E-state index in [0.717, 1.165) is 5.69 Å². The Hall–Kier alpha value is -1.73. The van der Waals surface area contributed by atoms with Crippen molar-refractivity contribution in [3.05, 3.63) is 23.3 Å². The first-order valence-corrected chi connectivity index (χ1v) is 5.39. The van der Waals surface area contributed by atoms with Crippen LogP contribution >= 0.6 is 11.3 Å². The molecule has 0 saturated heterocycles. The first-order chi connectivity index (χ1) is 7.59. The molecular weight excluding hydrogens is 228 g/mol. The number of nitrogens with two attached hydrogens (primary N) is 1. The standard InChI is InChI=1S/C9H10N4O2S/c1-13-6(2-3-11-13)8-12-5(4-16-8)7(10)9(14)15/h2-4,7H,10H2,1H3,(H,14,15). The second-order valence-corrected chi connectivity index (χ2v) is 4.09. The van der Waals surface area contributed by atoms with Crippen molar-refractivity contribution in [2.24, 2.45) is 12.8 Å². The molecule has 0 aliphatic carbocycles. The van der Waals surface area contributed by atoms with Crippen LogP contribution in [0, 0.1) is 0 Å². The number of thiazole rings is 1. The summed E-state index contributed by atoms with van der Waals surface area (Å²) in [6.07, 6.45) is 1.66. The molecule has 1 atom stereocenters. The van der Waals surface area contributed by atoms with Crippen LogP contribution in [0.5, 0.6) is 0 Å². The summed E-state index contributed by atoms with van der Waals surface area (Å²) in [5.74, 6) is -1.08. The number of aliphatic carboxylic acids is 1. The Morgan fingerprint density at radius 2 is 2.44 bits per heavy atom. The molecule has 0 bridgehead atoms. The Balaban J connectivity index is 2.33. The molecule has 0 saturated carbocycles. The molecule has 2 aromatic heterocycles. The second-order valence-electron chi connectivity index (χ2n) is 3.23. The SMILES string of the molecule is Cn1nccc1-c1nc(C(N)C(=O)O)cs1. The van der Waals surface area contributed by atoms with E-state index in [1.807, 2.05) is 6.07 Å². The summed E-state index contributed by atoms with van der Waals surface area (Å²) < 4.78 is 1.68. The highest BCUT2D eigenvalue weighted by Gasteiger charge is 2.18. The van der Waals surface area contributed by atoms with Crippen LogP contribution in [0.3, 0.4) is 0 Å². The van der Waals surface area contributed by atoms with Gasteiger partial charge in [-0.05, 0) is 6.07 Å². The van der Waals surface area contributed by atoms with Gasteiger partial charge in [0.15, 0.2) is 0 Å². The number of aromatic nitrogens is 3. The van der Waals surface area contributed by atoms with Crippen LogP contribution in [0.15, 0.2) is 17.6 Å². The van der Waals surface area contributed by atoms with Crippen LogP contribution in [0.2, 0.25) is 0 Å². The summed E-state index contributed by atoms with van der Waals surface area (Å²) in [6, 6.07) is 0.743. The second kappa shape index (κ2) is 4.03. The molecule has 2 rings (SSSR count). The lowest BCUT2D eigenvalue weighted by molar-refractivity contribution is -0.138. The predicted molar refractivity (Wildman–Crippen MR) is 58.9 cm³/mol. The van der Waals surface area contributed by atoms with E-state index >= 15 is 0 Å². The molecule has 0 aromatic carbocycles. The number of hydrogen-bond acceptors (Lipinski definition) is 5. The fourth-order valence-corrected chi connectivity index (χ4v) is 2.17. The Labute approximate surface area is 95.3 Å². The summed E-state index contributed by atoms with van der Waals surface area (Å²) in [7, 11) is 1.80. The molecule has 6 nitrogen and oxygen atoms in total. The number of aryl methyl sites for hydroxylation is 1. The van der Waals surface area contributed by atoms with Gasteiger partial charge in [0.1, 0.15) is 11.0 Å². The molecule has 0 aliphatic rings. The van der Waals surface area contributed by atoms with Gasteiger partial charge in [0.25, 0.3) is 0 Å². The number of hydrogen-bond donors (Lipinski definition) is 2. The van der Waals surface area contributed by atoms with Gasteiger partial charge in [-0.15, -0.1) is 11.3 Å². The molecule has 7 heteroatoms. The largest absolute Gasteiger partial charge is 0.480 e. The van der Waals surface area contributed by atoms with Gasteiger partial charge in [-0.2, -0.15) is 5.10 Å². The van der Waals surface area contributed by atoms with Gasteiger partial charge in [0.05, 0.1) is 11.4 Å². The number of nitrogens with zero attached hydrogens (tertiary/aromatic N) is 3. The van der Waals surface area contributed by atoms with E-state index in [4.69, 9.17) is 10.8 Å². The number of carbonyl (C=O) groups is 1. The molecule has 84 valence electrons. The van der Waals surface area contributed by atoms with Crippen LogP contribution in [0.25, 0.3) is 10.7 Å². The summed E-state index contributed by atoms with van der Waals surface area (Å²) in [5, 5.41) is 15.1. The van der Waals surface area contributed by atoms with Crippen molar-refractivity contribution in [1.82, 2.24) is 14.8 Å². The van der Waals surface area contributed by atoms with Crippen molar-refractivity contribution in [3.63, 3.8) is 0 Å². The smallest absolute Gasteiger partial charge is 0.326 e. The van der Waals surface area contributed by atoms with Gasteiger partial charge >= 0.3 is 5.97 Å². The molecule has 0 spiro atoms. The maximum atomic E-state index is 10.7. The molecule has 0 fully saturated rings. The topological polar surface area (TPSA) is 94.0 Å². The number of carboxylic acid groups (broad SMARTS) is 1. The van der Waals surface area contributed by atoms with E-state index in [1.54, 1.807) is 23.3 Å². The van der Waals surface area contributed by atoms with E-state index in [-0.39, 0.29) is 0 Å². The summed E-state index contributed by atoms with van der Waals surface area (Å²) in [5.41, 5.74) is 6.68. The fourth-order valence-electron chi connectivity index (χ4n) is 1.26. The summed E-state index contributed by atoms with van der Waals surface area (Å²) >= 11 is 1.35. The Morgan fingerprint density at radius 1 is 1.69 bits per heavy atom. The van der Waals surface area contributed by atoms with Crippen LogP contribution in [-0.2, 0) is 11.8 Å². The van der Waals surface area contributed by atoms with Crippen molar-refractivity contribution in [2.45, 2.75) is 6.04 Å². The molecule has 0 radical (unpaired) electrons. The van der Waals surface area contributed by atoms with E-state index in [0.29, 0.717) is 10.7 Å². The predicted octanol–water partition coefficient (Wildman–Crippen LogP) is 0.628. The van der Waals surface area contributed by atoms with E-state index in [1.165, 1.54) is 11.3 Å². The third-order valence-corrected chi connectivity index (χ3v) is 3.03. The molecule has 2 heterocycles. The minimum Gasteiger partial charge on any atom is -0.480 e. The van der Waals surface area contributed by atoms with E-state index in [2.05, 4.69) is 10.1 Å². The third-order valence-electron chi connectivity index (χ3n) is 2.15. The van der Waals surface area contributed by atoms with Crippen molar-refractivity contribution < 1.29 is 9.90 Å². The molecule has 0 aliphatic heterocycles. The van der Waals surface area contributed by atoms with Gasteiger partial charge in [-0.25, -0.2) is 4.98 Å². The molecule has 1 unspecified atom stereocenters. The summed E-state index contributed by atoms with van der Waals surface area (Å²) in [6.45, 7) is 0. The Morgan fingerprint density at radius 3 is 3.00 bits per heavy atom. The van der Waals surface area contributed by atoms with Crippen molar-refractivity contribution in [2.75, 3.05) is 0 Å². The molecule has 3 N–H and O–H groups in total. The first kappa shape index (κ1) is 10.8. The Bertz CT molecular complexity index is 519. The van der Waals surface area contributed by atoms with E-state index < -0.39 is 12.0 Å². The van der Waals surface area contributed by atoms with Gasteiger partial charge in [0, 0.05) is 18.6 Å². The number of rotatable bonds is 3. The zero-order valence-electron chi connectivity index (χ0n) is 8.49. The maximum Gasteiger partial charge on any atom is 0.326 e. The van der Waals surface area contributed by atoms with Crippen LogP contribution < -0.4 is 5.73 Å². The normalized spacial score (nSPS) is 12.6. The van der Waals surface area contributed by atoms with Crippen LogP contribution in [0.4, 0.5) is 0 Å². The van der Waals surface area contributed by atoms with Gasteiger partial charge in [-0.3, -0.25) is 9.48 Å². The van der Waals surface area contributed by atoms with Crippen LogP contribution in [0.1, 0.15) is 11.7 Å². The van der Waals surface area contributed by atoms with Crippen molar-refractivity contribution in [3.8, 4) is 10.7 Å². The lowest BCUT2D eigenvalue weighted by Gasteiger charge is -2.00. The van der Waals surface area contributed by atoms with Gasteiger partial charge < -0.3 is 10.8 Å². The monoisotopic (exact) mass is 238 g/mol. The highest BCUT2D eigenvalue weighted by Crippen LogP contribution is 2.24. The molecule has 0 amide bonds. The number of carboxylic acids is 1.